The zero-order valence-corrected chi connectivity index (χ0v) is 9.75. The largest absolute Gasteiger partial charge is 0.299 e. The number of ketones is 2. The van der Waals surface area contributed by atoms with Crippen LogP contribution >= 0.6 is 0 Å². The maximum absolute atomic E-state index is 11.8. The smallest absolute Gasteiger partial charge is 0.170 e. The van der Waals surface area contributed by atoms with Crippen LogP contribution in [0.2, 0.25) is 0 Å². The fraction of sp³-hybridized carbons (Fsp3) is 0.429. The van der Waals surface area contributed by atoms with E-state index in [1.165, 1.54) is 0 Å². The van der Waals surface area contributed by atoms with Crippen LogP contribution < -0.4 is 0 Å². The van der Waals surface area contributed by atoms with E-state index in [2.05, 4.69) is 0 Å². The number of hydrogen-bond acceptors (Lipinski definition) is 2. The molecule has 2 rings (SSSR count). The van der Waals surface area contributed by atoms with Gasteiger partial charge in [-0.25, -0.2) is 0 Å². The highest BCUT2D eigenvalue weighted by Gasteiger charge is 2.44. The number of carbonyl (C=O) groups is 2. The summed E-state index contributed by atoms with van der Waals surface area (Å²) in [5.74, 6) is 0.0381. The van der Waals surface area contributed by atoms with Gasteiger partial charge in [-0.3, -0.25) is 9.59 Å². The highest BCUT2D eigenvalue weighted by molar-refractivity contribution is 6.10. The molecule has 16 heavy (non-hydrogen) atoms. The van der Waals surface area contributed by atoms with Crippen molar-refractivity contribution in [1.29, 1.82) is 0 Å². The van der Waals surface area contributed by atoms with Crippen LogP contribution in [0.25, 0.3) is 0 Å². The Labute approximate surface area is 95.7 Å². The molecule has 2 nitrogen and oxygen atoms in total. The van der Waals surface area contributed by atoms with E-state index in [4.69, 9.17) is 0 Å². The first-order valence-electron chi connectivity index (χ1n) is 5.64. The molecule has 84 valence electrons. The second-order valence-corrected chi connectivity index (χ2v) is 4.95. The molecule has 1 aliphatic rings. The number of aryl methyl sites for hydroxylation is 1. The molecule has 1 saturated carbocycles. The number of carbonyl (C=O) groups excluding carboxylic acids is 2. The van der Waals surface area contributed by atoms with Crippen LogP contribution in [0.4, 0.5) is 0 Å². The van der Waals surface area contributed by atoms with E-state index in [1.54, 1.807) is 12.1 Å². The summed E-state index contributed by atoms with van der Waals surface area (Å²) >= 11 is 0. The molecule has 1 aliphatic carbocycles. The standard InChI is InChI=1S/C14H16O2/c1-10-3-5-11(6-4-10)12(15)9-13(16)14(2)7-8-14/h3-6H,7-9H2,1-2H3. The van der Waals surface area contributed by atoms with E-state index in [-0.39, 0.29) is 23.4 Å². The number of benzene rings is 1. The quantitative estimate of drug-likeness (QED) is 0.573. The van der Waals surface area contributed by atoms with E-state index in [0.717, 1.165) is 18.4 Å². The first-order valence-corrected chi connectivity index (χ1v) is 5.64. The van der Waals surface area contributed by atoms with Crippen molar-refractivity contribution in [1.82, 2.24) is 0 Å². The van der Waals surface area contributed by atoms with Crippen molar-refractivity contribution in [3.05, 3.63) is 35.4 Å². The van der Waals surface area contributed by atoms with E-state index in [0.29, 0.717) is 5.56 Å². The van der Waals surface area contributed by atoms with Crippen molar-refractivity contribution < 1.29 is 9.59 Å². The van der Waals surface area contributed by atoms with Gasteiger partial charge in [0.25, 0.3) is 0 Å². The Morgan fingerprint density at radius 1 is 1.19 bits per heavy atom. The Bertz CT molecular complexity index is 425. The molecule has 0 atom stereocenters. The van der Waals surface area contributed by atoms with Crippen molar-refractivity contribution in [2.45, 2.75) is 33.1 Å². The number of hydrogen-bond donors (Lipinski definition) is 0. The molecule has 0 amide bonds. The predicted octanol–water partition coefficient (Wildman–Crippen LogP) is 2.94. The number of rotatable bonds is 4. The Kier molecular flexibility index (Phi) is 2.66. The molecular formula is C14H16O2. The minimum absolute atomic E-state index is 0.0551. The maximum atomic E-state index is 11.8. The Hall–Kier alpha value is -1.44. The monoisotopic (exact) mass is 216 g/mol. The molecule has 0 bridgehead atoms. The van der Waals surface area contributed by atoms with Gasteiger partial charge in [-0.05, 0) is 19.8 Å². The molecule has 1 fully saturated rings. The molecule has 0 aliphatic heterocycles. The van der Waals surface area contributed by atoms with Crippen LogP contribution in [0.3, 0.4) is 0 Å². The molecule has 0 unspecified atom stereocenters. The summed E-state index contributed by atoms with van der Waals surface area (Å²) in [5, 5.41) is 0. The van der Waals surface area contributed by atoms with Crippen molar-refractivity contribution in [3.63, 3.8) is 0 Å². The van der Waals surface area contributed by atoms with Crippen molar-refractivity contribution in [2.24, 2.45) is 5.41 Å². The Morgan fingerprint density at radius 2 is 1.75 bits per heavy atom. The fourth-order valence-corrected chi connectivity index (χ4v) is 1.67. The Morgan fingerprint density at radius 3 is 2.25 bits per heavy atom. The molecule has 0 heterocycles. The second-order valence-electron chi connectivity index (χ2n) is 4.95. The highest BCUT2D eigenvalue weighted by atomic mass is 16.1. The summed E-state index contributed by atoms with van der Waals surface area (Å²) in [6, 6.07) is 7.38. The van der Waals surface area contributed by atoms with Crippen molar-refractivity contribution >= 4 is 11.6 Å². The normalized spacial score (nSPS) is 16.9. The van der Waals surface area contributed by atoms with Gasteiger partial charge < -0.3 is 0 Å². The lowest BCUT2D eigenvalue weighted by molar-refractivity contribution is -0.122. The zero-order chi connectivity index (χ0) is 11.8. The summed E-state index contributed by atoms with van der Waals surface area (Å²) in [5.41, 5.74) is 1.57. The summed E-state index contributed by atoms with van der Waals surface area (Å²) in [6.45, 7) is 3.92. The lowest BCUT2D eigenvalue weighted by Gasteiger charge is -2.06. The molecule has 1 aromatic rings. The van der Waals surface area contributed by atoms with Gasteiger partial charge >= 0.3 is 0 Å². The van der Waals surface area contributed by atoms with Gasteiger partial charge in [0, 0.05) is 11.0 Å². The molecule has 0 aromatic heterocycles. The molecule has 0 radical (unpaired) electrons. The van der Waals surface area contributed by atoms with Crippen LogP contribution in [0.1, 0.15) is 42.1 Å². The third-order valence-electron chi connectivity index (χ3n) is 3.37. The average Bonchev–Trinajstić information content (AvgIpc) is 2.99. The summed E-state index contributed by atoms with van der Waals surface area (Å²) in [6.07, 6.45) is 1.93. The van der Waals surface area contributed by atoms with Crippen molar-refractivity contribution in [3.8, 4) is 0 Å². The van der Waals surface area contributed by atoms with E-state index in [9.17, 15) is 9.59 Å². The predicted molar refractivity (Wildman–Crippen MR) is 62.5 cm³/mol. The van der Waals surface area contributed by atoms with Gasteiger partial charge in [0.05, 0.1) is 6.42 Å². The summed E-state index contributed by atoms with van der Waals surface area (Å²) in [7, 11) is 0. The summed E-state index contributed by atoms with van der Waals surface area (Å²) in [4.78, 5) is 23.6. The minimum atomic E-state index is -0.194. The van der Waals surface area contributed by atoms with Crippen LogP contribution in [0, 0.1) is 12.3 Å². The average molecular weight is 216 g/mol. The molecule has 0 spiro atoms. The van der Waals surface area contributed by atoms with Gasteiger partial charge in [0.2, 0.25) is 0 Å². The summed E-state index contributed by atoms with van der Waals surface area (Å²) < 4.78 is 0. The molecular weight excluding hydrogens is 200 g/mol. The van der Waals surface area contributed by atoms with Crippen LogP contribution in [0.5, 0.6) is 0 Å². The second kappa shape index (κ2) is 3.85. The molecule has 0 N–H and O–H groups in total. The van der Waals surface area contributed by atoms with E-state index < -0.39 is 0 Å². The zero-order valence-electron chi connectivity index (χ0n) is 9.75. The van der Waals surface area contributed by atoms with Crippen LogP contribution in [0.15, 0.2) is 24.3 Å². The first kappa shape index (κ1) is 11.1. The highest BCUT2D eigenvalue weighted by Crippen LogP contribution is 2.46. The van der Waals surface area contributed by atoms with Crippen molar-refractivity contribution in [2.75, 3.05) is 0 Å². The van der Waals surface area contributed by atoms with Gasteiger partial charge in [0.1, 0.15) is 5.78 Å². The lowest BCUT2D eigenvalue weighted by atomic mass is 9.96. The third-order valence-corrected chi connectivity index (χ3v) is 3.37. The van der Waals surface area contributed by atoms with Gasteiger partial charge in [-0.2, -0.15) is 0 Å². The van der Waals surface area contributed by atoms with E-state index >= 15 is 0 Å². The third kappa shape index (κ3) is 2.21. The molecule has 0 saturated heterocycles. The van der Waals surface area contributed by atoms with Gasteiger partial charge in [-0.1, -0.05) is 36.8 Å². The lowest BCUT2D eigenvalue weighted by Crippen LogP contribution is -2.16. The van der Waals surface area contributed by atoms with E-state index in [1.807, 2.05) is 26.0 Å². The van der Waals surface area contributed by atoms with Crippen LogP contribution in [-0.4, -0.2) is 11.6 Å². The van der Waals surface area contributed by atoms with Gasteiger partial charge in [0.15, 0.2) is 5.78 Å². The molecule has 2 heteroatoms. The van der Waals surface area contributed by atoms with Gasteiger partial charge in [-0.15, -0.1) is 0 Å². The Balaban J connectivity index is 2.03. The topological polar surface area (TPSA) is 34.1 Å². The SMILES string of the molecule is Cc1ccc(C(=O)CC(=O)C2(C)CC2)cc1. The number of Topliss-reactive ketones (excluding diaryl/α,β-unsaturated/α-hetero) is 2. The molecule has 1 aromatic carbocycles. The first-order chi connectivity index (χ1) is 7.51. The maximum Gasteiger partial charge on any atom is 0.170 e. The van der Waals surface area contributed by atoms with Crippen LogP contribution in [-0.2, 0) is 4.79 Å². The fourth-order valence-electron chi connectivity index (χ4n) is 1.67. The minimum Gasteiger partial charge on any atom is -0.299 e.